The molecule has 1 aliphatic carbocycles. The average Bonchev–Trinajstić information content (AvgIpc) is 3.33. The van der Waals surface area contributed by atoms with Gasteiger partial charge >= 0.3 is 6.18 Å². The van der Waals surface area contributed by atoms with Gasteiger partial charge in [-0.2, -0.15) is 13.2 Å². The molecule has 4 atom stereocenters. The van der Waals surface area contributed by atoms with Crippen molar-refractivity contribution in [1.82, 2.24) is 15.4 Å². The van der Waals surface area contributed by atoms with Gasteiger partial charge in [0.2, 0.25) is 12.3 Å². The van der Waals surface area contributed by atoms with Crippen molar-refractivity contribution < 1.29 is 37.5 Å². The van der Waals surface area contributed by atoms with E-state index in [0.717, 1.165) is 32.1 Å². The molecule has 1 saturated carbocycles. The molecular formula is C22H33F3N4O5S. The molecule has 2 rings (SSSR count). The van der Waals surface area contributed by atoms with Crippen LogP contribution < -0.4 is 10.6 Å². The summed E-state index contributed by atoms with van der Waals surface area (Å²) in [5.74, 6) is -2.45. The minimum Gasteiger partial charge on any atom is -0.379 e. The number of nitrogens with one attached hydrogen (secondary N) is 2. The van der Waals surface area contributed by atoms with Gasteiger partial charge in [-0.15, -0.1) is 11.3 Å². The Bertz CT molecular complexity index is 806. The highest BCUT2D eigenvalue weighted by Crippen LogP contribution is 2.34. The highest BCUT2D eigenvalue weighted by atomic mass is 32.1. The number of hydrogen-bond donors (Lipinski definition) is 3. The van der Waals surface area contributed by atoms with Gasteiger partial charge in [0.05, 0.1) is 18.1 Å². The maximum Gasteiger partial charge on any atom is 0.389 e. The van der Waals surface area contributed by atoms with Crippen LogP contribution in [0.1, 0.15) is 58.3 Å². The molecule has 0 aliphatic heterocycles. The zero-order valence-corrected chi connectivity index (χ0v) is 20.6. The fourth-order valence-corrected chi connectivity index (χ4v) is 4.92. The van der Waals surface area contributed by atoms with Crippen molar-refractivity contribution in [2.24, 2.45) is 11.8 Å². The zero-order chi connectivity index (χ0) is 26.0. The van der Waals surface area contributed by atoms with E-state index in [2.05, 4.69) is 15.6 Å². The first-order valence-electron chi connectivity index (χ1n) is 11.6. The molecule has 3 N–H and O–H groups in total. The van der Waals surface area contributed by atoms with Crippen LogP contribution in [0.5, 0.6) is 0 Å². The Morgan fingerprint density at radius 2 is 2.00 bits per heavy atom. The highest BCUT2D eigenvalue weighted by molar-refractivity contribution is 7.13. The van der Waals surface area contributed by atoms with Crippen molar-refractivity contribution in [3.8, 4) is 0 Å². The summed E-state index contributed by atoms with van der Waals surface area (Å²) in [4.78, 5) is 41.6. The number of carbonyl (C=O) groups is 3. The number of thiazole rings is 1. The quantitative estimate of drug-likeness (QED) is 0.206. The molecular weight excluding hydrogens is 489 g/mol. The van der Waals surface area contributed by atoms with Crippen LogP contribution in [0.3, 0.4) is 0 Å². The monoisotopic (exact) mass is 522 g/mol. The number of carbonyl (C=O) groups excluding carboxylic acids is 3. The second kappa shape index (κ2) is 13.7. The van der Waals surface area contributed by atoms with Crippen molar-refractivity contribution in [2.45, 2.75) is 82.7 Å². The van der Waals surface area contributed by atoms with Crippen LogP contribution in [0, 0.1) is 11.8 Å². The summed E-state index contributed by atoms with van der Waals surface area (Å²) >= 11 is 1.18. The van der Waals surface area contributed by atoms with E-state index in [0.29, 0.717) is 5.13 Å². The van der Waals surface area contributed by atoms with Crippen LogP contribution in [0.25, 0.3) is 0 Å². The van der Waals surface area contributed by atoms with Gasteiger partial charge in [0.25, 0.3) is 5.91 Å². The molecule has 13 heteroatoms. The predicted molar refractivity (Wildman–Crippen MR) is 123 cm³/mol. The van der Waals surface area contributed by atoms with E-state index in [1.54, 1.807) is 12.3 Å². The Labute approximate surface area is 206 Å². The van der Waals surface area contributed by atoms with Gasteiger partial charge < -0.3 is 15.4 Å². The predicted octanol–water partition coefficient (Wildman–Crippen LogP) is 3.75. The van der Waals surface area contributed by atoms with Gasteiger partial charge in [-0.1, -0.05) is 32.1 Å². The van der Waals surface area contributed by atoms with Gasteiger partial charge in [0.15, 0.2) is 5.13 Å². The number of alkyl halides is 3. The van der Waals surface area contributed by atoms with E-state index in [1.807, 2.05) is 0 Å². The lowest BCUT2D eigenvalue weighted by atomic mass is 9.79. The van der Waals surface area contributed by atoms with Gasteiger partial charge in [0, 0.05) is 25.1 Å². The van der Waals surface area contributed by atoms with Crippen molar-refractivity contribution in [2.75, 3.05) is 12.4 Å². The Hall–Kier alpha value is -2.25. The normalized spacial score (nSPS) is 18.2. The number of amides is 3. The topological polar surface area (TPSA) is 121 Å². The summed E-state index contributed by atoms with van der Waals surface area (Å²) in [6, 6.07) is -2.59. The first-order valence-corrected chi connectivity index (χ1v) is 12.5. The fraction of sp³-hybridized carbons (Fsp3) is 0.727. The molecule has 1 aromatic rings. The summed E-state index contributed by atoms with van der Waals surface area (Å²) in [6.07, 6.45) is -1.06. The third kappa shape index (κ3) is 9.37. The second-order valence-electron chi connectivity index (χ2n) is 8.81. The van der Waals surface area contributed by atoms with Crippen LogP contribution in [-0.4, -0.2) is 65.0 Å². The molecule has 198 valence electrons. The Balaban J connectivity index is 2.28. The van der Waals surface area contributed by atoms with E-state index in [9.17, 15) is 32.8 Å². The smallest absolute Gasteiger partial charge is 0.379 e. The molecule has 0 bridgehead atoms. The second-order valence-corrected chi connectivity index (χ2v) is 9.70. The molecule has 35 heavy (non-hydrogen) atoms. The van der Waals surface area contributed by atoms with Crippen molar-refractivity contribution in [1.29, 1.82) is 0 Å². The Morgan fingerprint density at radius 1 is 1.31 bits per heavy atom. The van der Waals surface area contributed by atoms with Crippen molar-refractivity contribution >= 4 is 34.7 Å². The van der Waals surface area contributed by atoms with Crippen LogP contribution in [-0.2, 0) is 19.1 Å². The number of halogens is 3. The van der Waals surface area contributed by atoms with E-state index < -0.39 is 54.9 Å². The van der Waals surface area contributed by atoms with E-state index in [-0.39, 0.29) is 23.8 Å². The van der Waals surface area contributed by atoms with Gasteiger partial charge in [-0.05, 0) is 25.7 Å². The fourth-order valence-electron chi connectivity index (χ4n) is 4.39. The minimum atomic E-state index is -4.53. The van der Waals surface area contributed by atoms with Crippen LogP contribution >= 0.6 is 11.3 Å². The summed E-state index contributed by atoms with van der Waals surface area (Å²) in [7, 11) is 1.36. The number of methoxy groups -OCH3 is 1. The number of nitrogens with zero attached hydrogens (tertiary/aromatic N) is 2. The highest BCUT2D eigenvalue weighted by Gasteiger charge is 2.40. The molecule has 3 amide bonds. The minimum absolute atomic E-state index is 0.00657. The van der Waals surface area contributed by atoms with E-state index >= 15 is 0 Å². The third-order valence-electron chi connectivity index (χ3n) is 6.37. The van der Waals surface area contributed by atoms with Crippen molar-refractivity contribution in [3.63, 3.8) is 0 Å². The van der Waals surface area contributed by atoms with Gasteiger partial charge in [0.1, 0.15) is 6.04 Å². The first kappa shape index (κ1) is 29.0. The lowest BCUT2D eigenvalue weighted by Gasteiger charge is -2.35. The number of ether oxygens (including phenoxy) is 1. The molecule has 0 aromatic carbocycles. The lowest BCUT2D eigenvalue weighted by molar-refractivity contribution is -0.178. The Kier molecular flexibility index (Phi) is 11.4. The van der Waals surface area contributed by atoms with E-state index in [4.69, 9.17) is 4.74 Å². The lowest BCUT2D eigenvalue weighted by Crippen LogP contribution is -2.55. The largest absolute Gasteiger partial charge is 0.389 e. The molecule has 0 radical (unpaired) electrons. The maximum absolute atomic E-state index is 13.4. The number of anilines is 1. The number of rotatable bonds is 13. The molecule has 1 aromatic heterocycles. The summed E-state index contributed by atoms with van der Waals surface area (Å²) in [6.45, 7) is 1.56. The number of aromatic nitrogens is 1. The SMILES string of the molecule is CO[C@H](C)[C@H](NC(=O)[C@H](CC1CCCCC1)[C@H](CCC(F)(F)F)N(O)C=O)C(=O)Nc1nccs1. The summed E-state index contributed by atoms with van der Waals surface area (Å²) in [5.41, 5.74) is 0. The average molecular weight is 523 g/mol. The number of hydrogen-bond acceptors (Lipinski definition) is 7. The van der Waals surface area contributed by atoms with Crippen LogP contribution in [0.4, 0.5) is 18.3 Å². The van der Waals surface area contributed by atoms with Crippen molar-refractivity contribution in [3.05, 3.63) is 11.6 Å². The third-order valence-corrected chi connectivity index (χ3v) is 7.06. The molecule has 0 spiro atoms. The van der Waals surface area contributed by atoms with Crippen LogP contribution in [0.15, 0.2) is 11.6 Å². The Morgan fingerprint density at radius 3 is 2.54 bits per heavy atom. The summed E-state index contributed by atoms with van der Waals surface area (Å²) in [5, 5.41) is 17.4. The molecule has 0 saturated heterocycles. The molecule has 0 unspecified atom stereocenters. The first-order chi connectivity index (χ1) is 16.6. The molecule has 1 aliphatic rings. The standard InChI is InChI=1S/C22H33F3N4O5S/c1-14(34-2)18(20(32)28-21-26-10-11-35-21)27-19(31)16(12-15-6-4-3-5-7-15)17(29(33)13-30)8-9-22(23,24)25/h10-11,13-18,33H,3-9,12H2,1-2H3,(H,27,31)(H,26,28,32)/t14-,16-,17+,18+/m1/s1. The maximum atomic E-state index is 13.4. The molecule has 1 fully saturated rings. The van der Waals surface area contributed by atoms with Gasteiger partial charge in [-0.3, -0.25) is 19.6 Å². The summed E-state index contributed by atoms with van der Waals surface area (Å²) < 4.78 is 44.2. The van der Waals surface area contributed by atoms with Crippen LogP contribution in [0.2, 0.25) is 0 Å². The number of hydroxylamine groups is 2. The van der Waals surface area contributed by atoms with Gasteiger partial charge in [-0.25, -0.2) is 10.0 Å². The van der Waals surface area contributed by atoms with E-state index in [1.165, 1.54) is 24.6 Å². The zero-order valence-electron chi connectivity index (χ0n) is 19.8. The molecule has 1 heterocycles. The molecule has 9 nitrogen and oxygen atoms in total.